The number of benzene rings is 2. The van der Waals surface area contributed by atoms with Gasteiger partial charge in [0.25, 0.3) is 5.69 Å². The molecule has 0 amide bonds. The number of non-ortho nitro benzene ring substituents is 1. The predicted molar refractivity (Wildman–Crippen MR) is 149 cm³/mol. The summed E-state index contributed by atoms with van der Waals surface area (Å²) in [5, 5.41) is 26.6. The second kappa shape index (κ2) is 9.96. The van der Waals surface area contributed by atoms with Crippen molar-refractivity contribution >= 4 is 40.3 Å². The first-order chi connectivity index (χ1) is 18.2. The van der Waals surface area contributed by atoms with Gasteiger partial charge in [-0.05, 0) is 74.1 Å². The number of nitro benzene ring substituents is 1. The maximum absolute atomic E-state index is 11.5. The number of ether oxygens (including phenoxy) is 1. The first-order valence-corrected chi connectivity index (χ1v) is 12.5. The highest BCUT2D eigenvalue weighted by Gasteiger charge is 2.43. The van der Waals surface area contributed by atoms with Crippen LogP contribution in [0.5, 0.6) is 11.5 Å². The molecule has 2 aromatic carbocycles. The van der Waals surface area contributed by atoms with Gasteiger partial charge in [-0.25, -0.2) is 0 Å². The van der Waals surface area contributed by atoms with Gasteiger partial charge in [-0.3, -0.25) is 15.1 Å². The molecule has 3 heterocycles. The van der Waals surface area contributed by atoms with E-state index in [1.165, 1.54) is 25.3 Å². The van der Waals surface area contributed by atoms with Crippen LogP contribution in [-0.4, -0.2) is 31.8 Å². The summed E-state index contributed by atoms with van der Waals surface area (Å²) >= 11 is 12.1. The third-order valence-corrected chi connectivity index (χ3v) is 7.25. The van der Waals surface area contributed by atoms with Crippen LogP contribution in [0.25, 0.3) is 5.69 Å². The maximum Gasteiger partial charge on any atom is 0.271 e. The van der Waals surface area contributed by atoms with E-state index in [1.54, 1.807) is 24.4 Å². The van der Waals surface area contributed by atoms with Crippen LogP contribution in [-0.2, 0) is 0 Å². The number of methoxy groups -OCH3 is 1. The number of halogens is 1. The van der Waals surface area contributed by atoms with Gasteiger partial charge in [-0.2, -0.15) is 0 Å². The van der Waals surface area contributed by atoms with E-state index in [-0.39, 0.29) is 17.5 Å². The number of aromatic nitrogens is 2. The number of rotatable bonds is 6. The number of aromatic hydroxyl groups is 1. The zero-order valence-electron chi connectivity index (χ0n) is 20.8. The van der Waals surface area contributed by atoms with E-state index in [0.717, 1.165) is 22.6 Å². The minimum Gasteiger partial charge on any atom is -0.506 e. The molecular formula is C27H24ClN5O4S. The SMILES string of the molecule is COc1ccc([N+](=O)[O-])cc1-n1c(C)cc(C2C(c3ccccn3)NC(=S)N2c2cc(Cl)ccc2O)c1C. The largest absolute Gasteiger partial charge is 0.506 e. The van der Waals surface area contributed by atoms with Crippen molar-refractivity contribution in [3.05, 3.63) is 105 Å². The Morgan fingerprint density at radius 3 is 2.61 bits per heavy atom. The normalized spacial score (nSPS) is 16.9. The lowest BCUT2D eigenvalue weighted by atomic mass is 9.96. The zero-order valence-corrected chi connectivity index (χ0v) is 22.3. The van der Waals surface area contributed by atoms with Crippen molar-refractivity contribution in [2.75, 3.05) is 12.0 Å². The summed E-state index contributed by atoms with van der Waals surface area (Å²) in [5.74, 6) is 0.522. The number of hydrogen-bond donors (Lipinski definition) is 2. The van der Waals surface area contributed by atoms with Crippen LogP contribution in [0.2, 0.25) is 5.02 Å². The maximum atomic E-state index is 11.5. The molecule has 1 fully saturated rings. The molecule has 0 saturated carbocycles. The zero-order chi connectivity index (χ0) is 27.1. The van der Waals surface area contributed by atoms with Crippen molar-refractivity contribution in [2.24, 2.45) is 0 Å². The average Bonchev–Trinajstić information content (AvgIpc) is 3.40. The highest BCUT2D eigenvalue weighted by Crippen LogP contribution is 2.47. The molecule has 38 heavy (non-hydrogen) atoms. The van der Waals surface area contributed by atoms with E-state index in [0.29, 0.717) is 27.3 Å². The molecule has 0 radical (unpaired) electrons. The van der Waals surface area contributed by atoms with Gasteiger partial charge in [0.05, 0.1) is 41.2 Å². The summed E-state index contributed by atoms with van der Waals surface area (Å²) in [6, 6.07) is 16.2. The number of phenols is 1. The number of phenolic OH excluding ortho intramolecular Hbond substituents is 1. The average molecular weight is 550 g/mol. The Morgan fingerprint density at radius 1 is 1.13 bits per heavy atom. The van der Waals surface area contributed by atoms with Crippen LogP contribution in [0.15, 0.2) is 66.9 Å². The van der Waals surface area contributed by atoms with Crippen molar-refractivity contribution in [1.29, 1.82) is 0 Å². The predicted octanol–water partition coefficient (Wildman–Crippen LogP) is 5.94. The Kier molecular flexibility index (Phi) is 6.68. The fourth-order valence-corrected chi connectivity index (χ4v) is 5.55. The van der Waals surface area contributed by atoms with Gasteiger partial charge in [-0.15, -0.1) is 0 Å². The molecular weight excluding hydrogens is 526 g/mol. The summed E-state index contributed by atoms with van der Waals surface area (Å²) in [7, 11) is 1.53. The Morgan fingerprint density at radius 2 is 1.92 bits per heavy atom. The van der Waals surface area contributed by atoms with Crippen LogP contribution in [0.3, 0.4) is 0 Å². The first-order valence-electron chi connectivity index (χ1n) is 11.7. The van der Waals surface area contributed by atoms with E-state index in [2.05, 4.69) is 10.3 Å². The van der Waals surface area contributed by atoms with Gasteiger partial charge in [-0.1, -0.05) is 17.7 Å². The number of nitro groups is 1. The molecule has 4 aromatic rings. The van der Waals surface area contributed by atoms with Gasteiger partial charge >= 0.3 is 0 Å². The van der Waals surface area contributed by atoms with Crippen molar-refractivity contribution < 1.29 is 14.8 Å². The lowest BCUT2D eigenvalue weighted by Crippen LogP contribution is -2.29. The Labute approximate surface area is 229 Å². The van der Waals surface area contributed by atoms with Crippen LogP contribution >= 0.6 is 23.8 Å². The number of thiocarbonyl (C=S) groups is 1. The molecule has 2 unspecified atom stereocenters. The van der Waals surface area contributed by atoms with Crippen LogP contribution in [0.1, 0.15) is 34.7 Å². The van der Waals surface area contributed by atoms with Crippen molar-refractivity contribution in [3.8, 4) is 17.2 Å². The summed E-state index contributed by atoms with van der Waals surface area (Å²) in [6.45, 7) is 3.86. The topological polar surface area (TPSA) is 106 Å². The molecule has 11 heteroatoms. The minimum absolute atomic E-state index is 0.0272. The summed E-state index contributed by atoms with van der Waals surface area (Å²) < 4.78 is 7.49. The molecule has 2 N–H and O–H groups in total. The van der Waals surface area contributed by atoms with Gasteiger partial charge in [0.2, 0.25) is 0 Å². The first kappa shape index (κ1) is 25.5. The van der Waals surface area contributed by atoms with Gasteiger partial charge in [0, 0.05) is 34.7 Å². The minimum atomic E-state index is -0.432. The van der Waals surface area contributed by atoms with Gasteiger partial charge in [0.1, 0.15) is 11.5 Å². The molecule has 1 aliphatic heterocycles. The van der Waals surface area contributed by atoms with Crippen molar-refractivity contribution in [2.45, 2.75) is 25.9 Å². The van der Waals surface area contributed by atoms with E-state index in [4.69, 9.17) is 28.6 Å². The molecule has 194 valence electrons. The second-order valence-electron chi connectivity index (χ2n) is 8.90. The van der Waals surface area contributed by atoms with Crippen molar-refractivity contribution in [1.82, 2.24) is 14.9 Å². The summed E-state index contributed by atoms with van der Waals surface area (Å²) in [4.78, 5) is 17.5. The van der Waals surface area contributed by atoms with Crippen LogP contribution in [0.4, 0.5) is 11.4 Å². The Balaban J connectivity index is 1.73. The standard InChI is InChI=1S/C27H24ClN5O4S/c1-15-12-19(16(2)31(15)22-14-18(33(35)36)8-10-24(22)37-3)26-25(20-6-4-5-11-29-20)30-27(38)32(26)21-13-17(28)7-9-23(21)34/h4-14,25-26,34H,1-3H3,(H,30,38). The van der Waals surface area contributed by atoms with Gasteiger partial charge < -0.3 is 24.6 Å². The number of nitrogens with one attached hydrogen (secondary N) is 1. The second-order valence-corrected chi connectivity index (χ2v) is 9.73. The van der Waals surface area contributed by atoms with E-state index in [9.17, 15) is 15.2 Å². The number of hydrogen-bond acceptors (Lipinski definition) is 6. The van der Waals surface area contributed by atoms with E-state index in [1.807, 2.05) is 47.6 Å². The fourth-order valence-electron chi connectivity index (χ4n) is 5.04. The molecule has 0 bridgehead atoms. The summed E-state index contributed by atoms with van der Waals surface area (Å²) in [6.07, 6.45) is 1.72. The molecule has 9 nitrogen and oxygen atoms in total. The third kappa shape index (κ3) is 4.31. The lowest BCUT2D eigenvalue weighted by molar-refractivity contribution is -0.384. The molecule has 0 aliphatic carbocycles. The van der Waals surface area contributed by atoms with E-state index >= 15 is 0 Å². The van der Waals surface area contributed by atoms with Crippen LogP contribution in [0, 0.1) is 24.0 Å². The molecule has 2 atom stereocenters. The van der Waals surface area contributed by atoms with Gasteiger partial charge in [0.15, 0.2) is 5.11 Å². The van der Waals surface area contributed by atoms with Crippen LogP contribution < -0.4 is 15.0 Å². The fraction of sp³-hybridized carbons (Fsp3) is 0.185. The molecule has 1 saturated heterocycles. The number of nitrogens with zero attached hydrogens (tertiary/aromatic N) is 4. The molecule has 2 aromatic heterocycles. The third-order valence-electron chi connectivity index (χ3n) is 6.70. The highest BCUT2D eigenvalue weighted by molar-refractivity contribution is 7.80. The highest BCUT2D eigenvalue weighted by atomic mass is 35.5. The number of pyridine rings is 1. The Hall–Kier alpha value is -4.15. The molecule has 0 spiro atoms. The van der Waals surface area contributed by atoms with Crippen molar-refractivity contribution in [3.63, 3.8) is 0 Å². The smallest absolute Gasteiger partial charge is 0.271 e. The quantitative estimate of drug-likeness (QED) is 0.173. The molecule has 5 rings (SSSR count). The summed E-state index contributed by atoms with van der Waals surface area (Å²) in [5.41, 5.74) is 4.27. The number of aryl methyl sites for hydroxylation is 1. The lowest BCUT2D eigenvalue weighted by Gasteiger charge is -2.29. The molecule has 1 aliphatic rings. The van der Waals surface area contributed by atoms with E-state index < -0.39 is 11.0 Å². The Bertz CT molecular complexity index is 1560. The number of anilines is 1. The monoisotopic (exact) mass is 549 g/mol.